The molecule has 1 aliphatic carbocycles. The Morgan fingerprint density at radius 3 is 2.27 bits per heavy atom. The molecule has 12 heteroatoms. The fourth-order valence-corrected chi connectivity index (χ4v) is 6.47. The van der Waals surface area contributed by atoms with Crippen LogP contribution in [0.4, 0.5) is 5.69 Å². The molecule has 1 aliphatic heterocycles. The molecule has 48 heavy (non-hydrogen) atoms. The van der Waals surface area contributed by atoms with E-state index in [1.54, 1.807) is 24.3 Å². The Balaban J connectivity index is 1.15. The summed E-state index contributed by atoms with van der Waals surface area (Å²) in [6, 6.07) is 22.0. The first-order valence-electron chi connectivity index (χ1n) is 16.7. The molecule has 12 nitrogen and oxygen atoms in total. The molecule has 1 aromatic heterocycles. The van der Waals surface area contributed by atoms with Crippen LogP contribution in [0.2, 0.25) is 0 Å². The number of nitrogens with two attached hydrogens (primary N) is 1. The van der Waals surface area contributed by atoms with E-state index < -0.39 is 6.04 Å². The third-order valence-corrected chi connectivity index (χ3v) is 9.57. The Bertz CT molecular complexity index is 1680. The number of nitrogens with zero attached hydrogens (tertiary/aromatic N) is 5. The lowest BCUT2D eigenvalue weighted by Gasteiger charge is -2.32. The highest BCUT2D eigenvalue weighted by atomic mass is 16.2. The van der Waals surface area contributed by atoms with Crippen molar-refractivity contribution in [1.82, 2.24) is 35.7 Å². The molecule has 0 spiro atoms. The first-order chi connectivity index (χ1) is 23.4. The molecule has 4 aromatic rings. The fraction of sp³-hybridized carbons (Fsp3) is 0.389. The van der Waals surface area contributed by atoms with Gasteiger partial charge in [-0.3, -0.25) is 14.4 Å². The number of likely N-dealkylation sites (N-methyl/N-ethyl adjacent to an activating group) is 1. The lowest BCUT2D eigenvalue weighted by molar-refractivity contribution is -0.130. The number of benzene rings is 3. The van der Waals surface area contributed by atoms with Crippen LogP contribution in [0.25, 0.3) is 22.5 Å². The van der Waals surface area contributed by atoms with Crippen molar-refractivity contribution >= 4 is 23.4 Å². The molecule has 0 bridgehead atoms. The van der Waals surface area contributed by atoms with Gasteiger partial charge in [-0.15, -0.1) is 10.2 Å². The van der Waals surface area contributed by atoms with Gasteiger partial charge in [-0.05, 0) is 103 Å². The van der Waals surface area contributed by atoms with Gasteiger partial charge in [-0.2, -0.15) is 5.21 Å². The van der Waals surface area contributed by atoms with Crippen LogP contribution in [0.15, 0.2) is 72.8 Å². The molecule has 3 amide bonds. The fourth-order valence-electron chi connectivity index (χ4n) is 6.47. The van der Waals surface area contributed by atoms with Gasteiger partial charge >= 0.3 is 0 Å². The van der Waals surface area contributed by atoms with Gasteiger partial charge in [0.05, 0.1) is 0 Å². The smallest absolute Gasteiger partial charge is 0.253 e. The number of tetrazole rings is 1. The summed E-state index contributed by atoms with van der Waals surface area (Å²) in [5, 5.41) is 20.0. The lowest BCUT2D eigenvalue weighted by Crippen LogP contribution is -2.48. The van der Waals surface area contributed by atoms with Crippen molar-refractivity contribution in [3.63, 3.8) is 0 Å². The minimum absolute atomic E-state index is 0.0483. The van der Waals surface area contributed by atoms with Crippen molar-refractivity contribution in [3.05, 3.63) is 83.9 Å². The molecule has 1 unspecified atom stereocenters. The zero-order chi connectivity index (χ0) is 33.5. The first kappa shape index (κ1) is 33.0. The van der Waals surface area contributed by atoms with Crippen molar-refractivity contribution in [1.29, 1.82) is 0 Å². The van der Waals surface area contributed by atoms with Crippen LogP contribution in [0.5, 0.6) is 0 Å². The molecule has 2 fully saturated rings. The van der Waals surface area contributed by atoms with Gasteiger partial charge in [0.1, 0.15) is 6.04 Å². The van der Waals surface area contributed by atoms with Crippen molar-refractivity contribution < 1.29 is 14.4 Å². The van der Waals surface area contributed by atoms with E-state index in [0.717, 1.165) is 74.1 Å². The molecule has 2 aliphatic rings. The van der Waals surface area contributed by atoms with Crippen LogP contribution in [-0.2, 0) is 16.0 Å². The second-order valence-corrected chi connectivity index (χ2v) is 12.9. The van der Waals surface area contributed by atoms with Gasteiger partial charge in [-0.25, -0.2) is 0 Å². The second-order valence-electron chi connectivity index (χ2n) is 12.9. The highest BCUT2D eigenvalue weighted by Crippen LogP contribution is 2.29. The summed E-state index contributed by atoms with van der Waals surface area (Å²) in [5.41, 5.74) is 10.7. The van der Waals surface area contributed by atoms with E-state index in [1.807, 2.05) is 53.4 Å². The molecular formula is C36H43N9O3. The van der Waals surface area contributed by atoms with Gasteiger partial charge in [-0.1, -0.05) is 36.4 Å². The van der Waals surface area contributed by atoms with Crippen LogP contribution in [0.3, 0.4) is 0 Å². The van der Waals surface area contributed by atoms with E-state index in [1.165, 1.54) is 0 Å². The Labute approximate surface area is 280 Å². The first-order valence-corrected chi connectivity index (χ1v) is 16.7. The molecule has 5 N–H and O–H groups in total. The molecule has 1 atom stereocenters. The summed E-state index contributed by atoms with van der Waals surface area (Å²) in [5.74, 6) is 0.418. The largest absolute Gasteiger partial charge is 0.344 e. The van der Waals surface area contributed by atoms with Crippen molar-refractivity contribution in [3.8, 4) is 22.5 Å². The predicted octanol–water partition coefficient (Wildman–Crippen LogP) is 3.35. The molecular weight excluding hydrogens is 606 g/mol. The SMILES string of the molecule is CN1CCN(C(=O)c2cccc(-c3ccc(CC(NC(=O)C4CCC(CN)CC4)C(=O)Nc4ccc(-c5nn[nH]n5)cc4)cc3)c2)CC1. The minimum Gasteiger partial charge on any atom is -0.344 e. The monoisotopic (exact) mass is 649 g/mol. The summed E-state index contributed by atoms with van der Waals surface area (Å²) in [4.78, 5) is 44.4. The summed E-state index contributed by atoms with van der Waals surface area (Å²) in [7, 11) is 2.07. The number of H-pyrrole nitrogens is 1. The Morgan fingerprint density at radius 1 is 0.896 bits per heavy atom. The van der Waals surface area contributed by atoms with Crippen LogP contribution >= 0.6 is 0 Å². The molecule has 1 saturated carbocycles. The Kier molecular flexibility index (Phi) is 10.5. The van der Waals surface area contributed by atoms with Gasteiger partial charge < -0.3 is 26.2 Å². The third kappa shape index (κ3) is 8.12. The van der Waals surface area contributed by atoms with E-state index in [0.29, 0.717) is 36.0 Å². The number of rotatable bonds is 10. The van der Waals surface area contributed by atoms with Gasteiger partial charge in [0.15, 0.2) is 0 Å². The van der Waals surface area contributed by atoms with E-state index in [-0.39, 0.29) is 23.6 Å². The number of carbonyl (C=O) groups excluding carboxylic acids is 3. The predicted molar refractivity (Wildman–Crippen MR) is 184 cm³/mol. The average Bonchev–Trinajstić information content (AvgIpc) is 3.67. The maximum absolute atomic E-state index is 13.7. The number of aromatic nitrogens is 4. The van der Waals surface area contributed by atoms with E-state index >= 15 is 0 Å². The number of carbonyl (C=O) groups is 3. The third-order valence-electron chi connectivity index (χ3n) is 9.57. The van der Waals surface area contributed by atoms with Gasteiger partial charge in [0, 0.05) is 55.3 Å². The molecule has 250 valence electrons. The summed E-state index contributed by atoms with van der Waals surface area (Å²) in [6.45, 7) is 3.82. The zero-order valence-corrected chi connectivity index (χ0v) is 27.3. The highest BCUT2D eigenvalue weighted by molar-refractivity contribution is 5.98. The average molecular weight is 650 g/mol. The Hall–Kier alpha value is -4.94. The number of hydrogen-bond acceptors (Lipinski definition) is 8. The van der Waals surface area contributed by atoms with Crippen LogP contribution in [0.1, 0.15) is 41.6 Å². The summed E-state index contributed by atoms with van der Waals surface area (Å²) in [6.07, 6.45) is 3.69. The molecule has 3 aromatic carbocycles. The van der Waals surface area contributed by atoms with Crippen LogP contribution in [0, 0.1) is 11.8 Å². The zero-order valence-electron chi connectivity index (χ0n) is 27.3. The summed E-state index contributed by atoms with van der Waals surface area (Å²) < 4.78 is 0. The Morgan fingerprint density at radius 2 is 1.60 bits per heavy atom. The van der Waals surface area contributed by atoms with Crippen LogP contribution in [-0.4, -0.2) is 94.0 Å². The highest BCUT2D eigenvalue weighted by Gasteiger charge is 2.29. The van der Waals surface area contributed by atoms with E-state index in [2.05, 4.69) is 43.2 Å². The van der Waals surface area contributed by atoms with E-state index in [9.17, 15) is 14.4 Å². The number of anilines is 1. The van der Waals surface area contributed by atoms with E-state index in [4.69, 9.17) is 5.73 Å². The second kappa shape index (κ2) is 15.3. The number of piperazine rings is 1. The maximum atomic E-state index is 13.7. The number of hydrogen-bond donors (Lipinski definition) is 4. The quantitative estimate of drug-likeness (QED) is 0.203. The topological polar surface area (TPSA) is 162 Å². The molecule has 1 saturated heterocycles. The maximum Gasteiger partial charge on any atom is 0.253 e. The van der Waals surface area contributed by atoms with Crippen molar-refractivity contribution in [2.45, 2.75) is 38.1 Å². The number of nitrogens with one attached hydrogen (secondary N) is 3. The number of amides is 3. The molecule has 6 rings (SSSR count). The minimum atomic E-state index is -0.781. The molecule has 2 heterocycles. The summed E-state index contributed by atoms with van der Waals surface area (Å²) >= 11 is 0. The lowest BCUT2D eigenvalue weighted by atomic mass is 9.81. The normalized spacial score (nSPS) is 19.0. The van der Waals surface area contributed by atoms with Crippen molar-refractivity contribution in [2.75, 3.05) is 45.1 Å². The standard InChI is InChI=1S/C36H43N9O3/c1-44-17-19-45(20-18-44)36(48)30-4-2-3-29(22-30)26-9-5-24(6-10-26)21-32(39-34(46)28-11-7-25(23-37)8-12-28)35(47)38-31-15-13-27(14-16-31)33-40-42-43-41-33/h2-6,9-10,13-16,22,25,28,32H,7-8,11-12,17-21,23,37H2,1H3,(H,38,47)(H,39,46)(H,40,41,42,43). The van der Waals surface area contributed by atoms with Gasteiger partial charge in [0.25, 0.3) is 5.91 Å². The molecule has 0 radical (unpaired) electrons. The number of aromatic amines is 1. The van der Waals surface area contributed by atoms with Crippen molar-refractivity contribution in [2.24, 2.45) is 17.6 Å². The van der Waals surface area contributed by atoms with Gasteiger partial charge in [0.2, 0.25) is 17.6 Å². The van der Waals surface area contributed by atoms with Crippen LogP contribution < -0.4 is 16.4 Å².